The van der Waals surface area contributed by atoms with Crippen molar-refractivity contribution in [1.82, 2.24) is 10.3 Å². The Morgan fingerprint density at radius 1 is 1.27 bits per heavy atom. The molecule has 2 N–H and O–H groups in total. The van der Waals surface area contributed by atoms with E-state index < -0.39 is 0 Å². The van der Waals surface area contributed by atoms with Crippen LogP contribution in [0.1, 0.15) is 52.5 Å². The van der Waals surface area contributed by atoms with E-state index in [-0.39, 0.29) is 18.0 Å². The van der Waals surface area contributed by atoms with E-state index in [1.165, 1.54) is 0 Å². The Kier molecular flexibility index (Phi) is 7.05. The lowest BCUT2D eigenvalue weighted by atomic mass is 10.0. The van der Waals surface area contributed by atoms with Gasteiger partial charge in [-0.25, -0.2) is 0 Å². The largest absolute Gasteiger partial charge is 0.472 e. The van der Waals surface area contributed by atoms with Crippen molar-refractivity contribution in [2.75, 3.05) is 24.7 Å². The van der Waals surface area contributed by atoms with Gasteiger partial charge >= 0.3 is 0 Å². The fourth-order valence-electron chi connectivity index (χ4n) is 4.57. The minimum Gasteiger partial charge on any atom is -0.472 e. The molecule has 1 saturated heterocycles. The summed E-state index contributed by atoms with van der Waals surface area (Å²) in [5.41, 5.74) is 4.56. The molecule has 3 aromatic heterocycles. The third-order valence-corrected chi connectivity index (χ3v) is 7.66. The van der Waals surface area contributed by atoms with Crippen molar-refractivity contribution in [2.45, 2.75) is 53.1 Å². The molecule has 0 aliphatic carbocycles. The van der Waals surface area contributed by atoms with Crippen molar-refractivity contribution in [3.8, 4) is 10.4 Å². The van der Waals surface area contributed by atoms with Crippen LogP contribution in [-0.2, 0) is 11.3 Å². The number of pyridine rings is 1. The van der Waals surface area contributed by atoms with Gasteiger partial charge in [-0.3, -0.25) is 9.59 Å². The van der Waals surface area contributed by atoms with Gasteiger partial charge in [0.05, 0.1) is 28.0 Å². The van der Waals surface area contributed by atoms with E-state index in [4.69, 9.17) is 9.15 Å². The van der Waals surface area contributed by atoms with E-state index in [2.05, 4.69) is 22.1 Å². The Bertz CT molecular complexity index is 1170. The number of nitrogens with zero attached hydrogens (tertiary/aromatic N) is 1. The third kappa shape index (κ3) is 4.77. The van der Waals surface area contributed by atoms with Crippen LogP contribution >= 0.6 is 11.3 Å². The predicted octanol–water partition coefficient (Wildman–Crippen LogP) is 4.56. The number of carbonyl (C=O) groups excluding carboxylic acids is 1. The van der Waals surface area contributed by atoms with Crippen LogP contribution in [0.2, 0.25) is 0 Å². The Labute approximate surface area is 197 Å². The number of H-pyrrole nitrogens is 1. The van der Waals surface area contributed by atoms with Crippen molar-refractivity contribution in [3.05, 3.63) is 63.0 Å². The SMILES string of the molecule is CCN(c1sc(-c2ccoc2)c(C(=O)NCc2c(C)cc(C)[nH]c2=O)c1C)C1CCOCC1. The Hall–Kier alpha value is -2.84. The number of hydrogen-bond acceptors (Lipinski definition) is 6. The molecule has 4 heterocycles. The normalized spacial score (nSPS) is 14.4. The first-order valence-corrected chi connectivity index (χ1v) is 12.2. The third-order valence-electron chi connectivity index (χ3n) is 6.28. The van der Waals surface area contributed by atoms with Gasteiger partial charge in [0.1, 0.15) is 0 Å². The molecule has 0 unspecified atom stereocenters. The highest BCUT2D eigenvalue weighted by Gasteiger charge is 2.29. The minimum atomic E-state index is -0.186. The number of aromatic nitrogens is 1. The second-order valence-electron chi connectivity index (χ2n) is 8.50. The monoisotopic (exact) mass is 469 g/mol. The van der Waals surface area contributed by atoms with E-state index in [1.54, 1.807) is 23.9 Å². The average Bonchev–Trinajstić information content (AvgIpc) is 3.43. The molecule has 33 heavy (non-hydrogen) atoms. The first kappa shape index (κ1) is 23.3. The molecule has 0 saturated carbocycles. The summed E-state index contributed by atoms with van der Waals surface area (Å²) in [5, 5.41) is 4.09. The quantitative estimate of drug-likeness (QED) is 0.530. The average molecular weight is 470 g/mol. The van der Waals surface area contributed by atoms with Gasteiger partial charge in [-0.05, 0) is 63.8 Å². The van der Waals surface area contributed by atoms with Crippen LogP contribution in [0, 0.1) is 20.8 Å². The first-order valence-electron chi connectivity index (χ1n) is 11.4. The van der Waals surface area contributed by atoms with E-state index in [9.17, 15) is 9.59 Å². The van der Waals surface area contributed by atoms with Crippen LogP contribution in [0.4, 0.5) is 5.00 Å². The van der Waals surface area contributed by atoms with Gasteiger partial charge in [0, 0.05) is 49.2 Å². The number of carbonyl (C=O) groups is 1. The van der Waals surface area contributed by atoms with Crippen LogP contribution in [0.15, 0.2) is 33.9 Å². The lowest BCUT2D eigenvalue weighted by Gasteiger charge is -2.34. The summed E-state index contributed by atoms with van der Waals surface area (Å²) < 4.78 is 10.9. The number of amides is 1. The van der Waals surface area contributed by atoms with E-state index in [0.717, 1.165) is 64.9 Å². The molecule has 0 aromatic carbocycles. The summed E-state index contributed by atoms with van der Waals surface area (Å²) in [6, 6.07) is 4.19. The molecule has 7 nitrogen and oxygen atoms in total. The summed E-state index contributed by atoms with van der Waals surface area (Å²) >= 11 is 1.62. The molecule has 3 aromatic rings. The standard InChI is InChI=1S/C25H31N3O4S/c1-5-28(19-7-10-31-11-8-19)25-17(4)21(22(33-25)18-6-9-32-14-18)24(30)26-13-20-15(2)12-16(3)27-23(20)29/h6,9,12,14,19H,5,7-8,10-11,13H2,1-4H3,(H,26,30)(H,27,29). The number of hydrogen-bond donors (Lipinski definition) is 2. The van der Waals surface area contributed by atoms with Gasteiger partial charge < -0.3 is 24.4 Å². The zero-order chi connectivity index (χ0) is 23.5. The highest BCUT2D eigenvalue weighted by Crippen LogP contribution is 2.43. The maximum absolute atomic E-state index is 13.5. The topological polar surface area (TPSA) is 87.6 Å². The molecule has 0 spiro atoms. The summed E-state index contributed by atoms with van der Waals surface area (Å²) in [6.45, 7) is 10.5. The molecular formula is C25H31N3O4S. The Morgan fingerprint density at radius 3 is 2.67 bits per heavy atom. The molecule has 1 aliphatic rings. The number of furan rings is 1. The molecule has 0 radical (unpaired) electrons. The van der Waals surface area contributed by atoms with Crippen molar-refractivity contribution in [2.24, 2.45) is 0 Å². The zero-order valence-corrected chi connectivity index (χ0v) is 20.4. The molecular weight excluding hydrogens is 438 g/mol. The maximum Gasteiger partial charge on any atom is 0.253 e. The van der Waals surface area contributed by atoms with Gasteiger partial charge in [-0.15, -0.1) is 11.3 Å². The zero-order valence-electron chi connectivity index (χ0n) is 19.6. The summed E-state index contributed by atoms with van der Waals surface area (Å²) in [5.74, 6) is -0.186. The lowest BCUT2D eigenvalue weighted by molar-refractivity contribution is 0.0847. The number of thiophene rings is 1. The summed E-state index contributed by atoms with van der Waals surface area (Å²) in [6.07, 6.45) is 5.24. The number of aryl methyl sites for hydroxylation is 2. The molecule has 0 atom stereocenters. The van der Waals surface area contributed by atoms with Gasteiger partial charge in [-0.2, -0.15) is 0 Å². The van der Waals surface area contributed by atoms with Crippen LogP contribution in [0.25, 0.3) is 10.4 Å². The van der Waals surface area contributed by atoms with Gasteiger partial charge in [0.2, 0.25) is 0 Å². The molecule has 0 bridgehead atoms. The van der Waals surface area contributed by atoms with Gasteiger partial charge in [0.25, 0.3) is 11.5 Å². The van der Waals surface area contributed by atoms with Gasteiger partial charge in [0.15, 0.2) is 0 Å². The Balaban J connectivity index is 1.68. The van der Waals surface area contributed by atoms with E-state index in [0.29, 0.717) is 17.2 Å². The van der Waals surface area contributed by atoms with Crippen LogP contribution in [0.3, 0.4) is 0 Å². The summed E-state index contributed by atoms with van der Waals surface area (Å²) in [7, 11) is 0. The van der Waals surface area contributed by atoms with Crippen molar-refractivity contribution >= 4 is 22.2 Å². The molecule has 1 amide bonds. The van der Waals surface area contributed by atoms with Gasteiger partial charge in [-0.1, -0.05) is 0 Å². The second-order valence-corrected chi connectivity index (χ2v) is 9.50. The van der Waals surface area contributed by atoms with Crippen molar-refractivity contribution < 1.29 is 13.9 Å². The maximum atomic E-state index is 13.5. The molecule has 8 heteroatoms. The first-order chi connectivity index (χ1) is 15.9. The number of aromatic amines is 1. The highest BCUT2D eigenvalue weighted by atomic mass is 32.1. The van der Waals surface area contributed by atoms with E-state index >= 15 is 0 Å². The molecule has 4 rings (SSSR count). The summed E-state index contributed by atoms with van der Waals surface area (Å²) in [4.78, 5) is 32.0. The predicted molar refractivity (Wildman–Crippen MR) is 131 cm³/mol. The van der Waals surface area contributed by atoms with E-state index in [1.807, 2.05) is 32.9 Å². The fraction of sp³-hybridized carbons (Fsp3) is 0.440. The smallest absolute Gasteiger partial charge is 0.253 e. The number of ether oxygens (including phenoxy) is 1. The van der Waals surface area contributed by atoms with Crippen LogP contribution < -0.4 is 15.8 Å². The second kappa shape index (κ2) is 9.97. The van der Waals surface area contributed by atoms with Crippen molar-refractivity contribution in [3.63, 3.8) is 0 Å². The van der Waals surface area contributed by atoms with Crippen LogP contribution in [0.5, 0.6) is 0 Å². The molecule has 176 valence electrons. The minimum absolute atomic E-state index is 0.165. The fourth-order valence-corrected chi connectivity index (χ4v) is 5.99. The van der Waals surface area contributed by atoms with Crippen molar-refractivity contribution in [1.29, 1.82) is 0 Å². The molecule has 1 aliphatic heterocycles. The highest BCUT2D eigenvalue weighted by molar-refractivity contribution is 7.20. The molecule has 1 fully saturated rings. The number of rotatable bonds is 7. The van der Waals surface area contributed by atoms with Crippen LogP contribution in [-0.4, -0.2) is 36.7 Å². The number of anilines is 1. The Morgan fingerprint density at radius 2 is 2.03 bits per heavy atom. The number of nitrogens with one attached hydrogen (secondary N) is 2. The lowest BCUT2D eigenvalue weighted by Crippen LogP contribution is -2.39.